The second-order valence-corrected chi connectivity index (χ2v) is 7.37. The van der Waals surface area contributed by atoms with E-state index in [4.69, 9.17) is 11.6 Å². The van der Waals surface area contributed by atoms with Crippen LogP contribution in [0.4, 0.5) is 17.6 Å². The van der Waals surface area contributed by atoms with E-state index in [1.807, 2.05) is 30.3 Å². The molecule has 0 bridgehead atoms. The van der Waals surface area contributed by atoms with Crippen LogP contribution in [0.25, 0.3) is 16.6 Å². The molecule has 0 saturated heterocycles. The highest BCUT2D eigenvalue weighted by Crippen LogP contribution is 2.43. The van der Waals surface area contributed by atoms with Crippen molar-refractivity contribution in [2.45, 2.75) is 18.2 Å². The lowest BCUT2D eigenvalue weighted by Crippen LogP contribution is -2.44. The summed E-state index contributed by atoms with van der Waals surface area (Å²) >= 11 is 5.68. The highest BCUT2D eigenvalue weighted by atomic mass is 35.5. The van der Waals surface area contributed by atoms with Gasteiger partial charge in [0.15, 0.2) is 5.60 Å². The van der Waals surface area contributed by atoms with E-state index in [0.29, 0.717) is 10.9 Å². The van der Waals surface area contributed by atoms with Gasteiger partial charge in [-0.05, 0) is 47.5 Å². The average Bonchev–Trinajstić information content (AvgIpc) is 3.13. The quantitative estimate of drug-likeness (QED) is 0.411. The molecule has 0 amide bonds. The van der Waals surface area contributed by atoms with Gasteiger partial charge in [0.2, 0.25) is 0 Å². The minimum Gasteiger partial charge on any atom is -0.376 e. The molecule has 8 heteroatoms. The van der Waals surface area contributed by atoms with Crippen LogP contribution >= 0.6 is 11.6 Å². The first kappa shape index (κ1) is 20.4. The molecule has 1 heterocycles. The Morgan fingerprint density at radius 1 is 0.967 bits per heavy atom. The van der Waals surface area contributed by atoms with Gasteiger partial charge in [-0.2, -0.15) is 18.3 Å². The summed E-state index contributed by atoms with van der Waals surface area (Å²) in [6, 6.07) is 16.3. The highest BCUT2D eigenvalue weighted by Gasteiger charge is 2.55. The summed E-state index contributed by atoms with van der Waals surface area (Å²) in [7, 11) is 0. The fraction of sp³-hybridized carbons (Fsp3) is 0.136. The number of benzene rings is 3. The van der Waals surface area contributed by atoms with Gasteiger partial charge in [-0.15, -0.1) is 0 Å². The SMILES string of the molecule is OC(Cc1ccc(Cl)cc1F)(c1ccc2c(cnn2-c2ccccc2)c1)C(F)(F)F. The van der Waals surface area contributed by atoms with Gasteiger partial charge in [0.25, 0.3) is 0 Å². The molecule has 4 rings (SSSR count). The van der Waals surface area contributed by atoms with Crippen LogP contribution in [0.2, 0.25) is 5.02 Å². The van der Waals surface area contributed by atoms with Gasteiger partial charge in [-0.1, -0.05) is 41.9 Å². The molecule has 0 saturated carbocycles. The van der Waals surface area contributed by atoms with E-state index in [0.717, 1.165) is 17.8 Å². The van der Waals surface area contributed by atoms with E-state index in [1.165, 1.54) is 30.5 Å². The molecule has 0 aliphatic carbocycles. The van der Waals surface area contributed by atoms with Crippen LogP contribution in [-0.2, 0) is 12.0 Å². The Morgan fingerprint density at radius 3 is 2.37 bits per heavy atom. The summed E-state index contributed by atoms with van der Waals surface area (Å²) < 4.78 is 57.6. The van der Waals surface area contributed by atoms with Gasteiger partial charge in [-0.25, -0.2) is 9.07 Å². The lowest BCUT2D eigenvalue weighted by molar-refractivity contribution is -0.266. The molecule has 0 aliphatic rings. The molecule has 0 fully saturated rings. The number of aliphatic hydroxyl groups is 1. The molecule has 0 aliphatic heterocycles. The third-order valence-corrected chi connectivity index (χ3v) is 5.21. The molecule has 0 spiro atoms. The first-order valence-corrected chi connectivity index (χ1v) is 9.33. The maximum atomic E-state index is 14.2. The van der Waals surface area contributed by atoms with Crippen LogP contribution in [0.5, 0.6) is 0 Å². The van der Waals surface area contributed by atoms with Crippen molar-refractivity contribution in [2.24, 2.45) is 0 Å². The molecule has 1 atom stereocenters. The fourth-order valence-corrected chi connectivity index (χ4v) is 3.53. The van der Waals surface area contributed by atoms with E-state index in [1.54, 1.807) is 4.68 Å². The normalized spacial score (nSPS) is 14.1. The second kappa shape index (κ2) is 7.41. The van der Waals surface area contributed by atoms with Crippen LogP contribution in [0, 0.1) is 5.82 Å². The molecule has 154 valence electrons. The van der Waals surface area contributed by atoms with Crippen molar-refractivity contribution in [1.82, 2.24) is 9.78 Å². The molecule has 0 radical (unpaired) electrons. The van der Waals surface area contributed by atoms with Crippen LogP contribution in [-0.4, -0.2) is 21.1 Å². The monoisotopic (exact) mass is 434 g/mol. The Kier molecular flexibility index (Phi) is 5.03. The lowest BCUT2D eigenvalue weighted by Gasteiger charge is -2.31. The summed E-state index contributed by atoms with van der Waals surface area (Å²) in [6.07, 6.45) is -4.61. The average molecular weight is 435 g/mol. The van der Waals surface area contributed by atoms with Crippen molar-refractivity contribution in [1.29, 1.82) is 0 Å². The number of nitrogens with zero attached hydrogens (tertiary/aromatic N) is 2. The number of fused-ring (bicyclic) bond motifs is 1. The number of hydrogen-bond acceptors (Lipinski definition) is 2. The molecule has 3 aromatic carbocycles. The molecule has 3 nitrogen and oxygen atoms in total. The molecule has 1 N–H and O–H groups in total. The maximum absolute atomic E-state index is 14.2. The third-order valence-electron chi connectivity index (χ3n) is 4.98. The van der Waals surface area contributed by atoms with E-state index >= 15 is 0 Å². The Hall–Kier alpha value is -2.90. The standard InChI is InChI=1S/C22H15ClF4N2O/c23-17-8-6-14(19(24)11-17)12-21(30,22(25,26)27)16-7-9-20-15(10-16)13-28-29(20)18-4-2-1-3-5-18/h1-11,13,30H,12H2. The van der Waals surface area contributed by atoms with E-state index in [9.17, 15) is 22.7 Å². The first-order chi connectivity index (χ1) is 14.2. The van der Waals surface area contributed by atoms with Crippen molar-refractivity contribution >= 4 is 22.5 Å². The molecule has 4 aromatic rings. The summed E-state index contributed by atoms with van der Waals surface area (Å²) in [4.78, 5) is 0. The van der Waals surface area contributed by atoms with Gasteiger partial charge in [0.1, 0.15) is 5.82 Å². The zero-order valence-corrected chi connectivity index (χ0v) is 16.1. The van der Waals surface area contributed by atoms with Crippen molar-refractivity contribution in [3.63, 3.8) is 0 Å². The summed E-state index contributed by atoms with van der Waals surface area (Å²) in [5.74, 6) is -0.914. The van der Waals surface area contributed by atoms with Gasteiger partial charge in [0, 0.05) is 16.8 Å². The predicted molar refractivity (Wildman–Crippen MR) is 106 cm³/mol. The van der Waals surface area contributed by atoms with Gasteiger partial charge in [0.05, 0.1) is 17.4 Å². The molecule has 1 aromatic heterocycles. The fourth-order valence-electron chi connectivity index (χ4n) is 3.37. The van der Waals surface area contributed by atoms with E-state index < -0.39 is 29.6 Å². The topological polar surface area (TPSA) is 38.1 Å². The first-order valence-electron chi connectivity index (χ1n) is 8.96. The smallest absolute Gasteiger partial charge is 0.376 e. The summed E-state index contributed by atoms with van der Waals surface area (Å²) in [5, 5.41) is 15.4. The minimum atomic E-state index is -5.04. The van der Waals surface area contributed by atoms with E-state index in [-0.39, 0.29) is 10.6 Å². The number of para-hydroxylation sites is 1. The molecule has 1 unspecified atom stereocenters. The Labute approximate surface area is 174 Å². The van der Waals surface area contributed by atoms with Crippen molar-refractivity contribution < 1.29 is 22.7 Å². The zero-order chi connectivity index (χ0) is 21.5. The maximum Gasteiger partial charge on any atom is 0.421 e. The Morgan fingerprint density at radius 2 is 1.70 bits per heavy atom. The lowest BCUT2D eigenvalue weighted by atomic mass is 9.86. The van der Waals surface area contributed by atoms with Crippen LogP contribution in [0.3, 0.4) is 0 Å². The number of halogens is 5. The van der Waals surface area contributed by atoms with Gasteiger partial charge >= 0.3 is 6.18 Å². The number of alkyl halides is 3. The highest BCUT2D eigenvalue weighted by molar-refractivity contribution is 6.30. The third kappa shape index (κ3) is 3.55. The van der Waals surface area contributed by atoms with Crippen LogP contribution < -0.4 is 0 Å². The van der Waals surface area contributed by atoms with Crippen LogP contribution in [0.15, 0.2) is 72.9 Å². The second-order valence-electron chi connectivity index (χ2n) is 6.94. The van der Waals surface area contributed by atoms with Crippen LogP contribution in [0.1, 0.15) is 11.1 Å². The zero-order valence-electron chi connectivity index (χ0n) is 15.4. The predicted octanol–water partition coefficient (Wildman–Crippen LogP) is 5.81. The van der Waals surface area contributed by atoms with Gasteiger partial charge < -0.3 is 5.11 Å². The molecular formula is C22H15ClF4N2O. The van der Waals surface area contributed by atoms with Crippen molar-refractivity contribution in [3.05, 3.63) is 94.9 Å². The summed E-state index contributed by atoms with van der Waals surface area (Å²) in [6.45, 7) is 0. The van der Waals surface area contributed by atoms with Crippen molar-refractivity contribution in [2.75, 3.05) is 0 Å². The van der Waals surface area contributed by atoms with Gasteiger partial charge in [-0.3, -0.25) is 0 Å². The number of hydrogen-bond donors (Lipinski definition) is 1. The number of rotatable bonds is 4. The molecule has 30 heavy (non-hydrogen) atoms. The number of aromatic nitrogens is 2. The van der Waals surface area contributed by atoms with E-state index in [2.05, 4.69) is 5.10 Å². The molecular weight excluding hydrogens is 420 g/mol. The minimum absolute atomic E-state index is 0.0570. The Bertz CT molecular complexity index is 1210. The Balaban J connectivity index is 1.80. The summed E-state index contributed by atoms with van der Waals surface area (Å²) in [5.41, 5.74) is -2.66. The van der Waals surface area contributed by atoms with Crippen molar-refractivity contribution in [3.8, 4) is 5.69 Å². The largest absolute Gasteiger partial charge is 0.421 e.